The van der Waals surface area contributed by atoms with Crippen molar-refractivity contribution >= 4 is 29.9 Å². The van der Waals surface area contributed by atoms with Crippen LogP contribution >= 0.6 is 24.0 Å². The Morgan fingerprint density at radius 3 is 2.68 bits per heavy atom. The fraction of sp³-hybridized carbons (Fsp3) is 0.611. The Morgan fingerprint density at radius 1 is 1.21 bits per heavy atom. The molecular weight excluding hydrogens is 473 g/mol. The van der Waals surface area contributed by atoms with E-state index in [9.17, 15) is 0 Å². The van der Waals surface area contributed by atoms with Gasteiger partial charge in [-0.15, -0.1) is 34.2 Å². The Morgan fingerprint density at radius 2 is 2.00 bits per heavy atom. The monoisotopic (exact) mass is 503 g/mol. The van der Waals surface area contributed by atoms with Gasteiger partial charge >= 0.3 is 0 Å². The highest BCUT2D eigenvalue weighted by Gasteiger charge is 2.10. The Balaban J connectivity index is 0.00000280. The number of nitrogens with zero attached hydrogens (tertiary/aromatic N) is 5. The van der Waals surface area contributed by atoms with Crippen LogP contribution in [0.2, 0.25) is 0 Å². The number of aromatic nitrogens is 3. The fourth-order valence-electron chi connectivity index (χ4n) is 2.83. The molecule has 0 saturated carbocycles. The predicted molar refractivity (Wildman–Crippen MR) is 118 cm³/mol. The lowest BCUT2D eigenvalue weighted by Gasteiger charge is -2.26. The van der Waals surface area contributed by atoms with Gasteiger partial charge in [-0.2, -0.15) is 0 Å². The second-order valence-electron chi connectivity index (χ2n) is 6.52. The van der Waals surface area contributed by atoms with Crippen molar-refractivity contribution in [2.45, 2.75) is 19.9 Å². The third-order valence-electron chi connectivity index (χ3n) is 4.63. The van der Waals surface area contributed by atoms with Gasteiger partial charge in [-0.25, -0.2) is 4.99 Å². The molecule has 2 aromatic rings. The van der Waals surface area contributed by atoms with Crippen molar-refractivity contribution in [1.29, 1.82) is 0 Å². The Kier molecular flexibility index (Phi) is 9.71. The van der Waals surface area contributed by atoms with E-state index in [4.69, 9.17) is 9.15 Å². The first-order chi connectivity index (χ1) is 13.2. The second-order valence-corrected chi connectivity index (χ2v) is 6.52. The molecule has 2 N–H and O–H groups in total. The average molecular weight is 503 g/mol. The van der Waals surface area contributed by atoms with Gasteiger partial charge < -0.3 is 24.4 Å². The number of guanidine groups is 1. The second kappa shape index (κ2) is 12.0. The van der Waals surface area contributed by atoms with Crippen molar-refractivity contribution in [3.8, 4) is 0 Å². The highest BCUT2D eigenvalue weighted by molar-refractivity contribution is 14.0. The number of hydrogen-bond donors (Lipinski definition) is 2. The lowest BCUT2D eigenvalue weighted by atomic mass is 10.3. The molecule has 1 aliphatic heterocycles. The molecule has 0 radical (unpaired) electrons. The highest BCUT2D eigenvalue weighted by Crippen LogP contribution is 2.01. The van der Waals surface area contributed by atoms with E-state index in [1.165, 1.54) is 0 Å². The summed E-state index contributed by atoms with van der Waals surface area (Å²) in [4.78, 5) is 7.06. The standard InChI is InChI=1S/C18H29N7O2.HI/c1-15-22-23-17(24(15)2)14-21-18(19-6-5-16-4-3-11-27-16)20-7-8-25-9-12-26-13-10-25;/h3-4,11H,5-10,12-14H2,1-2H3,(H2,19,20,21);1H. The molecule has 0 atom stereocenters. The van der Waals surface area contributed by atoms with Gasteiger partial charge in [0.05, 0.1) is 19.5 Å². The largest absolute Gasteiger partial charge is 0.469 e. The summed E-state index contributed by atoms with van der Waals surface area (Å²) in [6.45, 7) is 8.54. The third kappa shape index (κ3) is 7.06. The molecule has 1 saturated heterocycles. The lowest BCUT2D eigenvalue weighted by molar-refractivity contribution is 0.0389. The van der Waals surface area contributed by atoms with Crippen molar-refractivity contribution in [3.63, 3.8) is 0 Å². The maximum absolute atomic E-state index is 5.39. The number of morpholine rings is 1. The zero-order valence-corrected chi connectivity index (χ0v) is 18.9. The summed E-state index contributed by atoms with van der Waals surface area (Å²) >= 11 is 0. The molecule has 9 nitrogen and oxygen atoms in total. The van der Waals surface area contributed by atoms with Gasteiger partial charge in [0.1, 0.15) is 18.1 Å². The Hall–Kier alpha value is -1.66. The van der Waals surface area contributed by atoms with E-state index in [0.717, 1.165) is 75.7 Å². The van der Waals surface area contributed by atoms with Crippen LogP contribution in [-0.4, -0.2) is 71.6 Å². The number of aryl methyl sites for hydroxylation is 1. The maximum Gasteiger partial charge on any atom is 0.191 e. The van der Waals surface area contributed by atoms with Crippen molar-refractivity contribution in [1.82, 2.24) is 30.3 Å². The smallest absolute Gasteiger partial charge is 0.191 e. The number of rotatable bonds is 8. The number of furan rings is 1. The first-order valence-electron chi connectivity index (χ1n) is 9.42. The topological polar surface area (TPSA) is 92.7 Å². The molecule has 156 valence electrons. The molecule has 2 aromatic heterocycles. The minimum Gasteiger partial charge on any atom is -0.469 e. The van der Waals surface area contributed by atoms with Gasteiger partial charge in [0.15, 0.2) is 11.8 Å². The SMILES string of the molecule is Cc1nnc(CN=C(NCCc2ccco2)NCCN2CCOCC2)n1C.I. The highest BCUT2D eigenvalue weighted by atomic mass is 127. The minimum atomic E-state index is 0. The zero-order valence-electron chi connectivity index (χ0n) is 16.6. The van der Waals surface area contributed by atoms with E-state index in [1.807, 2.05) is 30.7 Å². The molecule has 0 bridgehead atoms. The maximum atomic E-state index is 5.39. The van der Waals surface area contributed by atoms with Gasteiger partial charge in [0.2, 0.25) is 0 Å². The van der Waals surface area contributed by atoms with E-state index in [1.54, 1.807) is 6.26 Å². The molecule has 1 aliphatic rings. The molecule has 0 spiro atoms. The Bertz CT molecular complexity index is 712. The Labute approximate surface area is 182 Å². The summed E-state index contributed by atoms with van der Waals surface area (Å²) in [5.74, 6) is 3.45. The molecule has 0 unspecified atom stereocenters. The summed E-state index contributed by atoms with van der Waals surface area (Å²) < 4.78 is 12.7. The van der Waals surface area contributed by atoms with Crippen LogP contribution in [-0.2, 0) is 24.8 Å². The van der Waals surface area contributed by atoms with Crippen LogP contribution < -0.4 is 10.6 Å². The first-order valence-corrected chi connectivity index (χ1v) is 9.42. The average Bonchev–Trinajstić information content (AvgIpc) is 3.31. The number of aliphatic imine (C=N–C) groups is 1. The van der Waals surface area contributed by atoms with Crippen LogP contribution in [0.4, 0.5) is 0 Å². The quantitative estimate of drug-likeness (QED) is 0.315. The molecule has 0 aromatic carbocycles. The van der Waals surface area contributed by atoms with Gasteiger partial charge in [-0.1, -0.05) is 0 Å². The van der Waals surface area contributed by atoms with Crippen LogP contribution in [0.15, 0.2) is 27.8 Å². The van der Waals surface area contributed by atoms with E-state index in [2.05, 4.69) is 30.7 Å². The van der Waals surface area contributed by atoms with Gasteiger partial charge in [0, 0.05) is 46.2 Å². The summed E-state index contributed by atoms with van der Waals surface area (Å²) in [6, 6.07) is 3.88. The summed E-state index contributed by atoms with van der Waals surface area (Å²) in [6.07, 6.45) is 2.50. The molecule has 0 aliphatic carbocycles. The van der Waals surface area contributed by atoms with E-state index in [0.29, 0.717) is 6.54 Å². The molecule has 28 heavy (non-hydrogen) atoms. The van der Waals surface area contributed by atoms with Crippen molar-refractivity contribution in [2.24, 2.45) is 12.0 Å². The summed E-state index contributed by atoms with van der Waals surface area (Å²) in [7, 11) is 1.95. The number of ether oxygens (including phenoxy) is 1. The summed E-state index contributed by atoms with van der Waals surface area (Å²) in [5, 5.41) is 15.0. The number of hydrogen-bond acceptors (Lipinski definition) is 6. The molecule has 3 rings (SSSR count). The molecular formula is C18H30IN7O2. The fourth-order valence-corrected chi connectivity index (χ4v) is 2.83. The zero-order chi connectivity index (χ0) is 18.9. The van der Waals surface area contributed by atoms with Gasteiger partial charge in [-0.3, -0.25) is 4.90 Å². The van der Waals surface area contributed by atoms with Crippen molar-refractivity contribution in [2.75, 3.05) is 45.9 Å². The van der Waals surface area contributed by atoms with Crippen LogP contribution in [0.1, 0.15) is 17.4 Å². The molecule has 0 amide bonds. The normalized spacial score (nSPS) is 15.3. The van der Waals surface area contributed by atoms with E-state index >= 15 is 0 Å². The van der Waals surface area contributed by atoms with Gasteiger partial charge in [0.25, 0.3) is 0 Å². The molecule has 1 fully saturated rings. The van der Waals surface area contributed by atoms with Crippen LogP contribution in [0.5, 0.6) is 0 Å². The van der Waals surface area contributed by atoms with Crippen molar-refractivity contribution in [3.05, 3.63) is 35.8 Å². The predicted octanol–water partition coefficient (Wildman–Crippen LogP) is 0.945. The third-order valence-corrected chi connectivity index (χ3v) is 4.63. The number of halogens is 1. The van der Waals surface area contributed by atoms with Gasteiger partial charge in [-0.05, 0) is 19.1 Å². The van der Waals surface area contributed by atoms with Crippen LogP contribution in [0, 0.1) is 6.92 Å². The van der Waals surface area contributed by atoms with E-state index < -0.39 is 0 Å². The van der Waals surface area contributed by atoms with Crippen LogP contribution in [0.3, 0.4) is 0 Å². The minimum absolute atomic E-state index is 0. The lowest BCUT2D eigenvalue weighted by Crippen LogP contribution is -2.44. The first kappa shape index (κ1) is 22.6. The van der Waals surface area contributed by atoms with Crippen molar-refractivity contribution < 1.29 is 9.15 Å². The van der Waals surface area contributed by atoms with Crippen LogP contribution in [0.25, 0.3) is 0 Å². The molecule has 10 heteroatoms. The van der Waals surface area contributed by atoms with E-state index in [-0.39, 0.29) is 24.0 Å². The molecule has 3 heterocycles. The summed E-state index contributed by atoms with van der Waals surface area (Å²) in [5.41, 5.74) is 0. The number of nitrogens with one attached hydrogen (secondary N) is 2.